The Morgan fingerprint density at radius 3 is 2.88 bits per heavy atom. The minimum absolute atomic E-state index is 0.0838. The molecule has 3 aliphatic heterocycles. The van der Waals surface area contributed by atoms with Crippen LogP contribution >= 0.6 is 15.9 Å². The van der Waals surface area contributed by atoms with Gasteiger partial charge >= 0.3 is 5.97 Å². The molecule has 0 radical (unpaired) electrons. The first-order chi connectivity index (χ1) is 11.4. The van der Waals surface area contributed by atoms with Gasteiger partial charge in [0, 0.05) is 4.47 Å². The third kappa shape index (κ3) is 2.16. The second-order valence-electron chi connectivity index (χ2n) is 6.76. The summed E-state index contributed by atoms with van der Waals surface area (Å²) in [5.74, 6) is -1.53. The number of hydrogen-bond donors (Lipinski definition) is 0. The second-order valence-corrected chi connectivity index (χ2v) is 7.62. The Hall–Kier alpha value is -1.66. The molecule has 4 rings (SSSR count). The van der Waals surface area contributed by atoms with E-state index >= 15 is 0 Å². The summed E-state index contributed by atoms with van der Waals surface area (Å²) in [6, 6.07) is 7.57. The van der Waals surface area contributed by atoms with E-state index in [0.717, 1.165) is 10.2 Å². The highest BCUT2D eigenvalue weighted by Crippen LogP contribution is 2.53. The van der Waals surface area contributed by atoms with Crippen LogP contribution in [0.4, 0.5) is 5.69 Å². The highest BCUT2D eigenvalue weighted by atomic mass is 79.9. The maximum atomic E-state index is 13.1. The fourth-order valence-electron chi connectivity index (χ4n) is 3.95. The Morgan fingerprint density at radius 1 is 1.42 bits per heavy atom. The lowest BCUT2D eigenvalue weighted by Crippen LogP contribution is -2.40. The Bertz CT molecular complexity index is 746. The molecule has 2 saturated heterocycles. The van der Waals surface area contributed by atoms with Gasteiger partial charge in [0.05, 0.1) is 30.4 Å². The average molecular weight is 392 g/mol. The summed E-state index contributed by atoms with van der Waals surface area (Å²) in [4.78, 5) is 27.3. The van der Waals surface area contributed by atoms with Crippen LogP contribution in [-0.2, 0) is 19.1 Å². The van der Waals surface area contributed by atoms with E-state index in [1.165, 1.54) is 0 Å². The molecule has 0 unspecified atom stereocenters. The number of rotatable bonds is 3. The Kier molecular flexibility index (Phi) is 3.58. The van der Waals surface area contributed by atoms with Gasteiger partial charge in [-0.3, -0.25) is 9.59 Å². The topological polar surface area (TPSA) is 55.8 Å². The number of esters is 1. The highest BCUT2D eigenvalue weighted by Gasteiger charge is 2.67. The molecule has 1 aromatic carbocycles. The van der Waals surface area contributed by atoms with Gasteiger partial charge in [-0.15, -0.1) is 0 Å². The fraction of sp³-hybridized carbons (Fsp3) is 0.444. The number of fused-ring (bicyclic) bond motifs is 1. The van der Waals surface area contributed by atoms with Crippen molar-refractivity contribution >= 4 is 33.5 Å². The van der Waals surface area contributed by atoms with Gasteiger partial charge in [0.2, 0.25) is 5.91 Å². The maximum Gasteiger partial charge on any atom is 0.313 e. The zero-order chi connectivity index (χ0) is 17.1. The van der Waals surface area contributed by atoms with Crippen molar-refractivity contribution in [2.45, 2.75) is 31.7 Å². The van der Waals surface area contributed by atoms with E-state index in [1.54, 1.807) is 18.7 Å². The predicted octanol–water partition coefficient (Wildman–Crippen LogP) is 2.69. The molecule has 1 spiro atoms. The number of halogens is 1. The van der Waals surface area contributed by atoms with E-state index in [-0.39, 0.29) is 24.1 Å². The van der Waals surface area contributed by atoms with E-state index in [4.69, 9.17) is 9.47 Å². The van der Waals surface area contributed by atoms with Gasteiger partial charge < -0.3 is 14.4 Å². The van der Waals surface area contributed by atoms with Crippen LogP contribution in [0.5, 0.6) is 0 Å². The minimum atomic E-state index is -0.725. The smallest absolute Gasteiger partial charge is 0.313 e. The molecule has 0 saturated carbocycles. The normalized spacial score (nSPS) is 33.4. The van der Waals surface area contributed by atoms with Crippen molar-refractivity contribution in [2.24, 2.45) is 11.8 Å². The van der Waals surface area contributed by atoms with Crippen LogP contribution in [0.25, 0.3) is 0 Å². The van der Waals surface area contributed by atoms with E-state index in [9.17, 15) is 9.59 Å². The fourth-order valence-corrected chi connectivity index (χ4v) is 4.45. The summed E-state index contributed by atoms with van der Waals surface area (Å²) in [6.07, 6.45) is 3.24. The van der Waals surface area contributed by atoms with E-state index in [2.05, 4.69) is 15.9 Å². The summed E-state index contributed by atoms with van der Waals surface area (Å²) in [6.45, 7) is 4.03. The molecule has 0 aliphatic carbocycles. The molecule has 6 heteroatoms. The molecule has 0 aromatic heterocycles. The molecule has 1 aromatic rings. The second kappa shape index (κ2) is 5.43. The van der Waals surface area contributed by atoms with Crippen molar-refractivity contribution < 1.29 is 19.1 Å². The van der Waals surface area contributed by atoms with Crippen molar-refractivity contribution in [3.63, 3.8) is 0 Å². The van der Waals surface area contributed by atoms with Crippen molar-refractivity contribution in [2.75, 3.05) is 11.4 Å². The highest BCUT2D eigenvalue weighted by molar-refractivity contribution is 9.10. The zero-order valence-electron chi connectivity index (χ0n) is 13.4. The van der Waals surface area contributed by atoms with Crippen molar-refractivity contribution in [3.8, 4) is 0 Å². The first-order valence-electron chi connectivity index (χ1n) is 8.06. The molecular weight excluding hydrogens is 374 g/mol. The van der Waals surface area contributed by atoms with Gasteiger partial charge in [0.25, 0.3) is 0 Å². The summed E-state index contributed by atoms with van der Waals surface area (Å²) >= 11 is 3.50. The lowest BCUT2D eigenvalue weighted by Gasteiger charge is -2.23. The summed E-state index contributed by atoms with van der Waals surface area (Å²) in [7, 11) is 0. The Balaban J connectivity index is 1.69. The lowest BCUT2D eigenvalue weighted by atomic mass is 9.77. The SMILES string of the molecule is CC(C)OC(=O)[C@@H]1[C@H]2C=C[C@]3(CN(c4ccccc4Br)C(=O)[C@@H]13)O2. The number of nitrogens with zero attached hydrogens (tertiary/aromatic N) is 1. The number of ether oxygens (including phenoxy) is 2. The quantitative estimate of drug-likeness (QED) is 0.587. The van der Waals surface area contributed by atoms with E-state index < -0.39 is 17.4 Å². The number of amides is 1. The summed E-state index contributed by atoms with van der Waals surface area (Å²) in [5.41, 5.74) is 0.0697. The molecule has 3 heterocycles. The van der Waals surface area contributed by atoms with Crippen LogP contribution in [0.3, 0.4) is 0 Å². The van der Waals surface area contributed by atoms with Crippen LogP contribution in [0.15, 0.2) is 40.9 Å². The first-order valence-corrected chi connectivity index (χ1v) is 8.86. The van der Waals surface area contributed by atoms with Crippen LogP contribution in [0.1, 0.15) is 13.8 Å². The molecule has 2 fully saturated rings. The minimum Gasteiger partial charge on any atom is -0.463 e. The predicted molar refractivity (Wildman–Crippen MR) is 91.4 cm³/mol. The number of carbonyl (C=O) groups is 2. The van der Waals surface area contributed by atoms with Gasteiger partial charge in [-0.2, -0.15) is 0 Å². The van der Waals surface area contributed by atoms with Crippen LogP contribution < -0.4 is 4.90 Å². The first kappa shape index (κ1) is 15.8. The van der Waals surface area contributed by atoms with E-state index in [1.807, 2.05) is 36.4 Å². The number of anilines is 1. The Labute approximate surface area is 148 Å². The van der Waals surface area contributed by atoms with Crippen LogP contribution in [-0.4, -0.2) is 36.2 Å². The van der Waals surface area contributed by atoms with Gasteiger partial charge in [0.1, 0.15) is 11.5 Å². The molecule has 4 atom stereocenters. The molecule has 24 heavy (non-hydrogen) atoms. The largest absolute Gasteiger partial charge is 0.463 e. The van der Waals surface area contributed by atoms with Gasteiger partial charge in [-0.05, 0) is 41.9 Å². The number of hydrogen-bond acceptors (Lipinski definition) is 4. The van der Waals surface area contributed by atoms with Gasteiger partial charge in [-0.1, -0.05) is 24.3 Å². The maximum absolute atomic E-state index is 13.1. The molecule has 3 aliphatic rings. The lowest BCUT2D eigenvalue weighted by molar-refractivity contribution is -0.156. The number of benzene rings is 1. The molecular formula is C18H18BrNO4. The average Bonchev–Trinajstić information content (AvgIpc) is 3.15. The third-order valence-electron chi connectivity index (χ3n) is 4.87. The van der Waals surface area contributed by atoms with Crippen LogP contribution in [0, 0.1) is 11.8 Å². The van der Waals surface area contributed by atoms with Crippen molar-refractivity contribution in [1.29, 1.82) is 0 Å². The summed E-state index contributed by atoms with van der Waals surface area (Å²) < 4.78 is 12.3. The zero-order valence-corrected chi connectivity index (χ0v) is 15.0. The molecule has 1 amide bonds. The Morgan fingerprint density at radius 2 is 2.17 bits per heavy atom. The van der Waals surface area contributed by atoms with Gasteiger partial charge in [0.15, 0.2) is 0 Å². The van der Waals surface area contributed by atoms with E-state index in [0.29, 0.717) is 6.54 Å². The van der Waals surface area contributed by atoms with Crippen LogP contribution in [0.2, 0.25) is 0 Å². The molecule has 2 bridgehead atoms. The molecule has 5 nitrogen and oxygen atoms in total. The summed E-state index contributed by atoms with van der Waals surface area (Å²) in [5, 5.41) is 0. The van der Waals surface area contributed by atoms with Gasteiger partial charge in [-0.25, -0.2) is 0 Å². The third-order valence-corrected chi connectivity index (χ3v) is 5.54. The molecule has 0 N–H and O–H groups in total. The monoisotopic (exact) mass is 391 g/mol. The molecule has 126 valence electrons. The number of para-hydroxylation sites is 1. The number of carbonyl (C=O) groups excluding carboxylic acids is 2. The van der Waals surface area contributed by atoms with Crippen molar-refractivity contribution in [1.82, 2.24) is 0 Å². The van der Waals surface area contributed by atoms with Crippen molar-refractivity contribution in [3.05, 3.63) is 40.9 Å². The standard InChI is InChI=1S/C18H18BrNO4/c1-10(2)23-17(22)14-13-7-8-18(24-13)9-20(16(21)15(14)18)12-6-4-3-5-11(12)19/h3-8,10,13-15H,9H2,1-2H3/t13-,14-,15-,18-/m1/s1.